The van der Waals surface area contributed by atoms with Crippen LogP contribution in [0.25, 0.3) is 0 Å². The summed E-state index contributed by atoms with van der Waals surface area (Å²) < 4.78 is 32.1. The van der Waals surface area contributed by atoms with Gasteiger partial charge in [-0.05, 0) is 56.7 Å². The van der Waals surface area contributed by atoms with E-state index in [-0.39, 0.29) is 34.2 Å². The van der Waals surface area contributed by atoms with E-state index in [0.29, 0.717) is 5.69 Å². The van der Waals surface area contributed by atoms with E-state index < -0.39 is 10.0 Å². The number of carbonyl (C=O) groups excluding carboxylic acids is 1. The highest BCUT2D eigenvalue weighted by Crippen LogP contribution is 2.27. The topological polar surface area (TPSA) is 84.5 Å². The van der Waals surface area contributed by atoms with E-state index in [1.54, 1.807) is 19.9 Å². The molecule has 8 heteroatoms. The lowest BCUT2D eigenvalue weighted by Gasteiger charge is -2.12. The summed E-state index contributed by atoms with van der Waals surface area (Å²) in [6, 6.07) is 11.2. The van der Waals surface area contributed by atoms with E-state index in [2.05, 4.69) is 10.0 Å². The normalized spacial score (nSPS) is 11.4. The minimum absolute atomic E-state index is 0.0350. The number of hydrogen-bond donors (Lipinski definition) is 2. The van der Waals surface area contributed by atoms with Crippen LogP contribution < -0.4 is 14.8 Å². The van der Waals surface area contributed by atoms with Gasteiger partial charge in [0.15, 0.2) is 6.61 Å². The number of nitrogens with one attached hydrogen (secondary N) is 2. The van der Waals surface area contributed by atoms with Crippen LogP contribution in [0.1, 0.15) is 19.4 Å². The molecule has 2 aromatic rings. The number of halogens is 1. The maximum absolute atomic E-state index is 12.1. The summed E-state index contributed by atoms with van der Waals surface area (Å²) in [4.78, 5) is 12.0. The smallest absolute Gasteiger partial charge is 0.262 e. The highest BCUT2D eigenvalue weighted by molar-refractivity contribution is 7.89. The van der Waals surface area contributed by atoms with Crippen molar-refractivity contribution >= 4 is 33.2 Å². The van der Waals surface area contributed by atoms with Crippen LogP contribution in [-0.4, -0.2) is 27.0 Å². The third-order valence-electron chi connectivity index (χ3n) is 3.27. The van der Waals surface area contributed by atoms with Crippen LogP contribution in [-0.2, 0) is 14.8 Å². The average Bonchev–Trinajstić information content (AvgIpc) is 2.52. The monoisotopic (exact) mass is 396 g/mol. The van der Waals surface area contributed by atoms with E-state index in [1.165, 1.54) is 18.2 Å². The van der Waals surface area contributed by atoms with E-state index in [1.807, 2.05) is 25.1 Å². The molecule has 0 saturated carbocycles. The first-order valence-corrected chi connectivity index (χ1v) is 9.84. The second-order valence-electron chi connectivity index (χ2n) is 6.07. The minimum atomic E-state index is -3.64. The van der Waals surface area contributed by atoms with Crippen molar-refractivity contribution in [3.05, 3.63) is 53.1 Å². The van der Waals surface area contributed by atoms with Crippen molar-refractivity contribution in [3.63, 3.8) is 0 Å². The second-order valence-corrected chi connectivity index (χ2v) is 8.20. The van der Waals surface area contributed by atoms with Gasteiger partial charge in [-0.3, -0.25) is 4.79 Å². The molecule has 0 unspecified atom stereocenters. The fourth-order valence-corrected chi connectivity index (χ4v) is 3.78. The van der Waals surface area contributed by atoms with E-state index >= 15 is 0 Å². The zero-order valence-electron chi connectivity index (χ0n) is 14.7. The largest absolute Gasteiger partial charge is 0.482 e. The number of sulfonamides is 1. The molecule has 0 radical (unpaired) electrons. The molecule has 0 aliphatic carbocycles. The quantitative estimate of drug-likeness (QED) is 0.751. The summed E-state index contributed by atoms with van der Waals surface area (Å²) in [5, 5.41) is 2.83. The molecular formula is C18H21ClN2O4S. The van der Waals surface area contributed by atoms with Crippen LogP contribution in [0.4, 0.5) is 5.69 Å². The van der Waals surface area contributed by atoms with Crippen molar-refractivity contribution in [1.82, 2.24) is 4.72 Å². The number of anilines is 1. The van der Waals surface area contributed by atoms with Gasteiger partial charge < -0.3 is 10.1 Å². The number of carbonyl (C=O) groups is 1. The predicted octanol–water partition coefficient (Wildman–Crippen LogP) is 3.35. The van der Waals surface area contributed by atoms with Crippen molar-refractivity contribution < 1.29 is 17.9 Å². The number of rotatable bonds is 7. The van der Waals surface area contributed by atoms with Gasteiger partial charge in [-0.1, -0.05) is 23.7 Å². The van der Waals surface area contributed by atoms with Crippen molar-refractivity contribution in [2.24, 2.45) is 0 Å². The Morgan fingerprint density at radius 3 is 2.54 bits per heavy atom. The molecule has 6 nitrogen and oxygen atoms in total. The molecule has 26 heavy (non-hydrogen) atoms. The summed E-state index contributed by atoms with van der Waals surface area (Å²) in [6.45, 7) is 5.13. The summed E-state index contributed by atoms with van der Waals surface area (Å²) in [5.41, 5.74) is 1.70. The van der Waals surface area contributed by atoms with Crippen LogP contribution in [0, 0.1) is 6.92 Å². The summed E-state index contributed by atoms with van der Waals surface area (Å²) in [6.07, 6.45) is 0. The Bertz CT molecular complexity index is 898. The minimum Gasteiger partial charge on any atom is -0.482 e. The average molecular weight is 397 g/mol. The summed E-state index contributed by atoms with van der Waals surface area (Å²) in [7, 11) is -3.64. The van der Waals surface area contributed by atoms with Gasteiger partial charge in [0.25, 0.3) is 5.91 Å². The molecule has 0 aliphatic rings. The molecule has 0 saturated heterocycles. The number of ether oxygens (including phenoxy) is 1. The molecule has 0 aromatic heterocycles. The molecular weight excluding hydrogens is 376 g/mol. The van der Waals surface area contributed by atoms with Crippen molar-refractivity contribution in [1.29, 1.82) is 0 Å². The van der Waals surface area contributed by atoms with E-state index in [0.717, 1.165) is 5.56 Å². The van der Waals surface area contributed by atoms with Gasteiger partial charge in [-0.15, -0.1) is 0 Å². The summed E-state index contributed by atoms with van der Waals surface area (Å²) >= 11 is 6.09. The number of aryl methyl sites for hydroxylation is 1. The molecule has 0 atom stereocenters. The van der Waals surface area contributed by atoms with Gasteiger partial charge in [0, 0.05) is 11.7 Å². The number of hydrogen-bond acceptors (Lipinski definition) is 4. The first-order valence-electron chi connectivity index (χ1n) is 7.98. The van der Waals surface area contributed by atoms with Gasteiger partial charge in [0.05, 0.1) is 9.92 Å². The van der Waals surface area contributed by atoms with Crippen LogP contribution in [0.5, 0.6) is 5.75 Å². The van der Waals surface area contributed by atoms with Crippen molar-refractivity contribution in [2.45, 2.75) is 31.7 Å². The number of amides is 1. The van der Waals surface area contributed by atoms with Gasteiger partial charge in [0.1, 0.15) is 5.75 Å². The maximum atomic E-state index is 12.1. The predicted molar refractivity (Wildman–Crippen MR) is 102 cm³/mol. The molecule has 2 aromatic carbocycles. The summed E-state index contributed by atoms with van der Waals surface area (Å²) in [5.74, 6) is -0.112. The lowest BCUT2D eigenvalue weighted by atomic mass is 10.2. The van der Waals surface area contributed by atoms with Crippen molar-refractivity contribution in [3.8, 4) is 5.75 Å². The third-order valence-corrected chi connectivity index (χ3v) is 5.22. The van der Waals surface area contributed by atoms with Crippen LogP contribution in [0.15, 0.2) is 47.4 Å². The molecule has 0 bridgehead atoms. The van der Waals surface area contributed by atoms with Gasteiger partial charge in [-0.25, -0.2) is 13.1 Å². The Morgan fingerprint density at radius 2 is 1.92 bits per heavy atom. The van der Waals surface area contributed by atoms with Crippen LogP contribution in [0.3, 0.4) is 0 Å². The highest BCUT2D eigenvalue weighted by atomic mass is 35.5. The zero-order chi connectivity index (χ0) is 19.3. The van der Waals surface area contributed by atoms with E-state index in [9.17, 15) is 13.2 Å². The molecule has 2 N–H and O–H groups in total. The maximum Gasteiger partial charge on any atom is 0.262 e. The molecule has 0 aliphatic heterocycles. The lowest BCUT2D eigenvalue weighted by molar-refractivity contribution is -0.118. The zero-order valence-corrected chi connectivity index (χ0v) is 16.3. The highest BCUT2D eigenvalue weighted by Gasteiger charge is 2.17. The molecule has 2 rings (SSSR count). The molecule has 0 fully saturated rings. The third kappa shape index (κ3) is 5.72. The number of benzene rings is 2. The first-order chi connectivity index (χ1) is 12.2. The molecule has 140 valence electrons. The molecule has 0 heterocycles. The Hall–Kier alpha value is -2.09. The second kappa shape index (κ2) is 8.53. The fourth-order valence-electron chi connectivity index (χ4n) is 2.21. The van der Waals surface area contributed by atoms with Gasteiger partial charge in [0.2, 0.25) is 10.0 Å². The van der Waals surface area contributed by atoms with Crippen LogP contribution >= 0.6 is 11.6 Å². The van der Waals surface area contributed by atoms with Gasteiger partial charge in [-0.2, -0.15) is 0 Å². The van der Waals surface area contributed by atoms with E-state index in [4.69, 9.17) is 16.3 Å². The SMILES string of the molecule is Cc1cccc(NC(=O)COc2ccc(S(=O)(=O)NC(C)C)cc2Cl)c1. The Balaban J connectivity index is 2.01. The molecule has 1 amide bonds. The fraction of sp³-hybridized carbons (Fsp3) is 0.278. The Labute approximate surface area is 158 Å². The Kier molecular flexibility index (Phi) is 6.63. The van der Waals surface area contributed by atoms with Crippen LogP contribution in [0.2, 0.25) is 5.02 Å². The lowest BCUT2D eigenvalue weighted by Crippen LogP contribution is -2.30. The van der Waals surface area contributed by atoms with Crippen molar-refractivity contribution in [2.75, 3.05) is 11.9 Å². The Morgan fingerprint density at radius 1 is 1.19 bits per heavy atom. The molecule has 0 spiro atoms. The first kappa shape index (κ1) is 20.2. The standard InChI is InChI=1S/C18H21ClN2O4S/c1-12(2)21-26(23,24)15-7-8-17(16(19)10-15)25-11-18(22)20-14-6-4-5-13(3)9-14/h4-10,12,21H,11H2,1-3H3,(H,20,22). The van der Waals surface area contributed by atoms with Gasteiger partial charge >= 0.3 is 0 Å².